The standard InChI is InChI=1S/C18H19N7O5S3/c1-10-8-11(2)20-16(19-10)21-17(27)23-25-33(28,29)13-7-5-4-6-12(13)15-22-24-18(32-15)31-9-14(26)30-3/h4-8,25H,9H2,1-3H3,(H2,19,20,21,23,27). The van der Waals surface area contributed by atoms with Crippen LogP contribution in [-0.4, -0.2) is 53.4 Å². The Morgan fingerprint density at radius 2 is 1.82 bits per heavy atom. The van der Waals surface area contributed by atoms with Crippen LogP contribution in [0.15, 0.2) is 39.6 Å². The number of carbonyl (C=O) groups is 2. The second-order valence-electron chi connectivity index (χ2n) is 6.39. The fraction of sp³-hybridized carbons (Fsp3) is 0.222. The highest BCUT2D eigenvalue weighted by molar-refractivity contribution is 8.01. The van der Waals surface area contributed by atoms with Gasteiger partial charge in [0, 0.05) is 17.0 Å². The summed E-state index contributed by atoms with van der Waals surface area (Å²) in [5.74, 6) is -0.328. The molecule has 174 valence electrons. The molecule has 0 radical (unpaired) electrons. The molecular formula is C18H19N7O5S3. The fourth-order valence-corrected chi connectivity index (χ4v) is 5.35. The van der Waals surface area contributed by atoms with E-state index in [9.17, 15) is 18.0 Å². The molecule has 0 aliphatic rings. The number of benzene rings is 1. The number of hydrogen-bond acceptors (Lipinski definition) is 11. The Hall–Kier alpha value is -3.14. The fourth-order valence-electron chi connectivity index (χ4n) is 2.52. The van der Waals surface area contributed by atoms with Gasteiger partial charge in [-0.3, -0.25) is 15.5 Å². The lowest BCUT2D eigenvalue weighted by molar-refractivity contribution is -0.137. The Balaban J connectivity index is 1.72. The Bertz CT molecular complexity index is 1260. The van der Waals surface area contributed by atoms with Crippen molar-refractivity contribution in [2.75, 3.05) is 18.2 Å². The molecule has 15 heteroatoms. The molecule has 0 fully saturated rings. The molecule has 0 bridgehead atoms. The van der Waals surface area contributed by atoms with Crippen molar-refractivity contribution in [3.63, 3.8) is 0 Å². The van der Waals surface area contributed by atoms with Crippen LogP contribution in [0.3, 0.4) is 0 Å². The number of urea groups is 1. The Morgan fingerprint density at radius 3 is 2.52 bits per heavy atom. The second kappa shape index (κ2) is 10.7. The summed E-state index contributed by atoms with van der Waals surface area (Å²) < 4.78 is 30.8. The van der Waals surface area contributed by atoms with E-state index < -0.39 is 22.0 Å². The summed E-state index contributed by atoms with van der Waals surface area (Å²) in [5.41, 5.74) is 3.65. The lowest BCUT2D eigenvalue weighted by atomic mass is 10.2. The van der Waals surface area contributed by atoms with Gasteiger partial charge in [-0.15, -0.1) is 15.0 Å². The molecule has 0 saturated heterocycles. The van der Waals surface area contributed by atoms with Gasteiger partial charge in [0.25, 0.3) is 10.0 Å². The van der Waals surface area contributed by atoms with Crippen molar-refractivity contribution in [2.45, 2.75) is 23.1 Å². The molecule has 3 rings (SSSR count). The highest BCUT2D eigenvalue weighted by atomic mass is 32.2. The average molecular weight is 510 g/mol. The van der Waals surface area contributed by atoms with Crippen molar-refractivity contribution >= 4 is 51.1 Å². The quantitative estimate of drug-likeness (QED) is 0.232. The molecule has 1 aromatic carbocycles. The summed E-state index contributed by atoms with van der Waals surface area (Å²) >= 11 is 2.25. The number of hydrogen-bond donors (Lipinski definition) is 3. The minimum absolute atomic E-state index is 0.0374. The minimum atomic E-state index is -4.17. The van der Waals surface area contributed by atoms with Crippen LogP contribution in [0.1, 0.15) is 11.4 Å². The highest BCUT2D eigenvalue weighted by Crippen LogP contribution is 2.33. The van der Waals surface area contributed by atoms with E-state index in [0.717, 1.165) is 23.1 Å². The van der Waals surface area contributed by atoms with Crippen LogP contribution in [0.4, 0.5) is 10.7 Å². The molecule has 0 aliphatic heterocycles. The lowest BCUT2D eigenvalue weighted by Gasteiger charge is -2.11. The van der Waals surface area contributed by atoms with E-state index in [1.807, 2.05) is 4.83 Å². The number of aromatic nitrogens is 4. The molecule has 0 unspecified atom stereocenters. The number of carbonyl (C=O) groups excluding carboxylic acids is 2. The van der Waals surface area contributed by atoms with Crippen LogP contribution in [0.2, 0.25) is 0 Å². The maximum absolute atomic E-state index is 12.9. The van der Waals surface area contributed by atoms with Crippen LogP contribution < -0.4 is 15.6 Å². The van der Waals surface area contributed by atoms with Gasteiger partial charge in [-0.05, 0) is 26.0 Å². The first-order valence-electron chi connectivity index (χ1n) is 9.21. The number of anilines is 1. The first-order valence-corrected chi connectivity index (χ1v) is 12.5. The number of nitrogens with zero attached hydrogens (tertiary/aromatic N) is 4. The number of methoxy groups -OCH3 is 1. The first-order chi connectivity index (χ1) is 15.7. The Labute approximate surface area is 197 Å². The van der Waals surface area contributed by atoms with Crippen molar-refractivity contribution in [3.8, 4) is 10.6 Å². The van der Waals surface area contributed by atoms with Gasteiger partial charge in [0.2, 0.25) is 5.95 Å². The summed E-state index contributed by atoms with van der Waals surface area (Å²) in [6.07, 6.45) is 0. The van der Waals surface area contributed by atoms with Crippen molar-refractivity contribution in [3.05, 3.63) is 41.7 Å². The third-order valence-corrected chi connectivity index (χ3v) is 7.23. The van der Waals surface area contributed by atoms with E-state index in [-0.39, 0.29) is 22.2 Å². The molecule has 2 amide bonds. The lowest BCUT2D eigenvalue weighted by Crippen LogP contribution is -2.44. The maximum Gasteiger partial charge on any atom is 0.336 e. The van der Waals surface area contributed by atoms with Gasteiger partial charge >= 0.3 is 12.0 Å². The number of rotatable bonds is 8. The third kappa shape index (κ3) is 6.67. The largest absolute Gasteiger partial charge is 0.468 e. The Morgan fingerprint density at radius 1 is 1.12 bits per heavy atom. The molecule has 12 nitrogen and oxygen atoms in total. The van der Waals surface area contributed by atoms with Gasteiger partial charge < -0.3 is 4.74 Å². The van der Waals surface area contributed by atoms with Crippen molar-refractivity contribution in [2.24, 2.45) is 0 Å². The molecule has 3 N–H and O–H groups in total. The third-order valence-electron chi connectivity index (χ3n) is 3.86. The highest BCUT2D eigenvalue weighted by Gasteiger charge is 2.22. The number of nitrogens with one attached hydrogen (secondary N) is 3. The van der Waals surface area contributed by atoms with Gasteiger partial charge in [0.1, 0.15) is 5.01 Å². The zero-order valence-corrected chi connectivity index (χ0v) is 20.1. The van der Waals surface area contributed by atoms with Crippen molar-refractivity contribution in [1.29, 1.82) is 0 Å². The zero-order valence-electron chi connectivity index (χ0n) is 17.6. The molecule has 0 saturated carbocycles. The predicted octanol–water partition coefficient (Wildman–Crippen LogP) is 1.89. The molecular weight excluding hydrogens is 490 g/mol. The smallest absolute Gasteiger partial charge is 0.336 e. The summed E-state index contributed by atoms with van der Waals surface area (Å²) in [6, 6.07) is 6.98. The average Bonchev–Trinajstić information content (AvgIpc) is 3.24. The Kier molecular flexibility index (Phi) is 7.91. The SMILES string of the molecule is COC(=O)CSc1nnc(-c2ccccc2S(=O)(=O)NNC(=O)Nc2nc(C)cc(C)n2)s1. The van der Waals surface area contributed by atoms with Crippen molar-refractivity contribution in [1.82, 2.24) is 30.4 Å². The van der Waals surface area contributed by atoms with E-state index >= 15 is 0 Å². The van der Waals surface area contributed by atoms with Gasteiger partial charge in [0.05, 0.1) is 17.8 Å². The van der Waals surface area contributed by atoms with Crippen LogP contribution >= 0.6 is 23.1 Å². The van der Waals surface area contributed by atoms with Crippen LogP contribution in [0.5, 0.6) is 0 Å². The van der Waals surface area contributed by atoms with E-state index in [1.54, 1.807) is 32.0 Å². The summed E-state index contributed by atoms with van der Waals surface area (Å²) in [4.78, 5) is 33.5. The maximum atomic E-state index is 12.9. The summed E-state index contributed by atoms with van der Waals surface area (Å²) in [5, 5.41) is 10.7. The predicted molar refractivity (Wildman–Crippen MR) is 122 cm³/mol. The van der Waals surface area contributed by atoms with Gasteiger partial charge in [-0.25, -0.2) is 23.2 Å². The second-order valence-corrected chi connectivity index (χ2v) is 10.2. The summed E-state index contributed by atoms with van der Waals surface area (Å²) in [6.45, 7) is 3.48. The van der Waals surface area contributed by atoms with Gasteiger partial charge in [-0.1, -0.05) is 41.3 Å². The molecule has 0 spiro atoms. The van der Waals surface area contributed by atoms with E-state index in [2.05, 4.69) is 35.6 Å². The topological polar surface area (TPSA) is 165 Å². The van der Waals surface area contributed by atoms with Crippen LogP contribution in [-0.2, 0) is 19.6 Å². The van der Waals surface area contributed by atoms with Gasteiger partial charge in [0.15, 0.2) is 4.34 Å². The number of esters is 1. The number of ether oxygens (including phenoxy) is 1. The monoisotopic (exact) mass is 509 g/mol. The molecule has 3 aromatic rings. The van der Waals surface area contributed by atoms with E-state index in [4.69, 9.17) is 0 Å². The first kappa shape index (κ1) is 24.5. The summed E-state index contributed by atoms with van der Waals surface area (Å²) in [7, 11) is -2.88. The molecule has 2 heterocycles. The molecule has 0 aliphatic carbocycles. The number of sulfonamides is 1. The van der Waals surface area contributed by atoms with Crippen molar-refractivity contribution < 1.29 is 22.7 Å². The number of amides is 2. The zero-order chi connectivity index (χ0) is 24.0. The van der Waals surface area contributed by atoms with Crippen LogP contribution in [0.25, 0.3) is 10.6 Å². The minimum Gasteiger partial charge on any atom is -0.468 e. The number of thioether (sulfide) groups is 1. The number of aryl methyl sites for hydroxylation is 2. The normalized spacial score (nSPS) is 11.1. The van der Waals surface area contributed by atoms with E-state index in [1.165, 1.54) is 19.2 Å². The van der Waals surface area contributed by atoms with E-state index in [0.29, 0.717) is 20.7 Å². The molecule has 0 atom stereocenters. The van der Waals surface area contributed by atoms with Crippen LogP contribution in [0, 0.1) is 13.8 Å². The number of hydrazine groups is 1. The molecule has 33 heavy (non-hydrogen) atoms. The van der Waals surface area contributed by atoms with Gasteiger partial charge in [-0.2, -0.15) is 0 Å². The molecule has 2 aromatic heterocycles.